The summed E-state index contributed by atoms with van der Waals surface area (Å²) < 4.78 is 11.4. The van der Waals surface area contributed by atoms with Crippen LogP contribution in [0.25, 0.3) is 0 Å². The molecule has 3 nitrogen and oxygen atoms in total. The second-order valence-electron chi connectivity index (χ2n) is 5.97. The van der Waals surface area contributed by atoms with Crippen LogP contribution in [-0.4, -0.2) is 32.4 Å². The molecule has 2 aliphatic heterocycles. The van der Waals surface area contributed by atoms with E-state index in [-0.39, 0.29) is 0 Å². The average Bonchev–Trinajstić information content (AvgIpc) is 2.51. The first kappa shape index (κ1) is 13.9. The highest BCUT2D eigenvalue weighted by atomic mass is 16.5. The fourth-order valence-corrected chi connectivity index (χ4v) is 3.11. The minimum absolute atomic E-state index is 0.332. The van der Waals surface area contributed by atoms with E-state index in [0.29, 0.717) is 6.10 Å². The number of nitrogens with one attached hydrogen (secondary N) is 1. The van der Waals surface area contributed by atoms with Gasteiger partial charge in [0, 0.05) is 12.8 Å². The first-order valence-electron chi connectivity index (χ1n) is 7.94. The maximum Gasteiger partial charge on any atom is 0.119 e. The standard InChI is InChI=1S/C17H25NO2/c1-3-16(20-17-7-11-19-12-8-17)4-2-14(1)13-15-5-9-18-10-6-15/h1-4,15,17-18H,5-13H2. The monoisotopic (exact) mass is 275 g/mol. The zero-order valence-electron chi connectivity index (χ0n) is 12.1. The van der Waals surface area contributed by atoms with Crippen LogP contribution in [0.5, 0.6) is 5.75 Å². The van der Waals surface area contributed by atoms with Crippen LogP contribution < -0.4 is 10.1 Å². The molecule has 0 atom stereocenters. The fourth-order valence-electron chi connectivity index (χ4n) is 3.11. The van der Waals surface area contributed by atoms with Crippen LogP contribution in [0, 0.1) is 5.92 Å². The summed E-state index contributed by atoms with van der Waals surface area (Å²) in [4.78, 5) is 0. The van der Waals surface area contributed by atoms with Crippen molar-refractivity contribution < 1.29 is 9.47 Å². The van der Waals surface area contributed by atoms with Crippen molar-refractivity contribution >= 4 is 0 Å². The molecular weight excluding hydrogens is 250 g/mol. The molecule has 0 spiro atoms. The number of benzene rings is 1. The lowest BCUT2D eigenvalue weighted by atomic mass is 9.91. The molecule has 3 rings (SSSR count). The Morgan fingerprint density at radius 1 is 1.00 bits per heavy atom. The molecule has 20 heavy (non-hydrogen) atoms. The van der Waals surface area contributed by atoms with Gasteiger partial charge in [0.2, 0.25) is 0 Å². The predicted molar refractivity (Wildman–Crippen MR) is 80.2 cm³/mol. The molecule has 2 aliphatic rings. The van der Waals surface area contributed by atoms with Crippen molar-refractivity contribution in [2.75, 3.05) is 26.3 Å². The van der Waals surface area contributed by atoms with Gasteiger partial charge in [0.25, 0.3) is 0 Å². The van der Waals surface area contributed by atoms with E-state index in [1.807, 2.05) is 0 Å². The van der Waals surface area contributed by atoms with Gasteiger partial charge in [0.1, 0.15) is 11.9 Å². The Hall–Kier alpha value is -1.06. The zero-order chi connectivity index (χ0) is 13.6. The molecule has 0 radical (unpaired) electrons. The van der Waals surface area contributed by atoms with Gasteiger partial charge in [-0.25, -0.2) is 0 Å². The Morgan fingerprint density at radius 3 is 2.40 bits per heavy atom. The number of piperidine rings is 1. The van der Waals surface area contributed by atoms with Crippen LogP contribution in [0.3, 0.4) is 0 Å². The maximum atomic E-state index is 6.01. The summed E-state index contributed by atoms with van der Waals surface area (Å²) in [7, 11) is 0. The summed E-state index contributed by atoms with van der Waals surface area (Å²) in [5.74, 6) is 1.85. The summed E-state index contributed by atoms with van der Waals surface area (Å²) >= 11 is 0. The normalized spacial score (nSPS) is 21.8. The first-order valence-corrected chi connectivity index (χ1v) is 7.94. The highest BCUT2D eigenvalue weighted by molar-refractivity contribution is 5.27. The van der Waals surface area contributed by atoms with E-state index in [4.69, 9.17) is 9.47 Å². The molecular formula is C17H25NO2. The van der Waals surface area contributed by atoms with Gasteiger partial charge in [0.05, 0.1) is 13.2 Å². The van der Waals surface area contributed by atoms with E-state index in [2.05, 4.69) is 29.6 Å². The summed E-state index contributed by atoms with van der Waals surface area (Å²) in [5, 5.41) is 3.42. The van der Waals surface area contributed by atoms with Gasteiger partial charge < -0.3 is 14.8 Å². The first-order chi connectivity index (χ1) is 9.90. The third-order valence-electron chi connectivity index (χ3n) is 4.38. The molecule has 1 N–H and O–H groups in total. The van der Waals surface area contributed by atoms with Gasteiger partial charge in [-0.3, -0.25) is 0 Å². The van der Waals surface area contributed by atoms with E-state index in [9.17, 15) is 0 Å². The minimum Gasteiger partial charge on any atom is -0.490 e. The van der Waals surface area contributed by atoms with Crippen molar-refractivity contribution in [2.45, 2.75) is 38.2 Å². The van der Waals surface area contributed by atoms with Crippen molar-refractivity contribution in [1.29, 1.82) is 0 Å². The zero-order valence-corrected chi connectivity index (χ0v) is 12.1. The molecule has 0 unspecified atom stereocenters. The lowest BCUT2D eigenvalue weighted by molar-refractivity contribution is 0.0255. The second-order valence-corrected chi connectivity index (χ2v) is 5.97. The topological polar surface area (TPSA) is 30.5 Å². The van der Waals surface area contributed by atoms with Crippen LogP contribution in [-0.2, 0) is 11.2 Å². The van der Waals surface area contributed by atoms with Crippen LogP contribution in [0.4, 0.5) is 0 Å². The summed E-state index contributed by atoms with van der Waals surface area (Å²) in [6.45, 7) is 4.02. The lowest BCUT2D eigenvalue weighted by Crippen LogP contribution is -2.28. The van der Waals surface area contributed by atoms with Gasteiger partial charge in [-0.1, -0.05) is 12.1 Å². The van der Waals surface area contributed by atoms with Gasteiger partial charge in [-0.15, -0.1) is 0 Å². The molecule has 2 heterocycles. The summed E-state index contributed by atoms with van der Waals surface area (Å²) in [5.41, 5.74) is 1.44. The number of rotatable bonds is 4. The van der Waals surface area contributed by atoms with Crippen molar-refractivity contribution in [1.82, 2.24) is 5.32 Å². The van der Waals surface area contributed by atoms with Crippen LogP contribution in [0.1, 0.15) is 31.2 Å². The summed E-state index contributed by atoms with van der Waals surface area (Å²) in [6.07, 6.45) is 6.17. The molecule has 2 saturated heterocycles. The summed E-state index contributed by atoms with van der Waals surface area (Å²) in [6, 6.07) is 8.73. The van der Waals surface area contributed by atoms with Crippen LogP contribution in [0.2, 0.25) is 0 Å². The Morgan fingerprint density at radius 2 is 1.70 bits per heavy atom. The lowest BCUT2D eigenvalue weighted by Gasteiger charge is -2.24. The van der Waals surface area contributed by atoms with Crippen molar-refractivity contribution in [2.24, 2.45) is 5.92 Å². The smallest absolute Gasteiger partial charge is 0.119 e. The second kappa shape index (κ2) is 7.09. The van der Waals surface area contributed by atoms with Gasteiger partial charge in [0.15, 0.2) is 0 Å². The SMILES string of the molecule is c1cc(OC2CCOCC2)ccc1CC1CCNCC1. The van der Waals surface area contributed by atoms with Gasteiger partial charge in [-0.05, 0) is 56.0 Å². The van der Waals surface area contributed by atoms with Crippen molar-refractivity contribution in [3.05, 3.63) is 29.8 Å². The molecule has 0 aliphatic carbocycles. The number of ether oxygens (including phenoxy) is 2. The quantitative estimate of drug-likeness (QED) is 0.916. The highest BCUT2D eigenvalue weighted by Crippen LogP contribution is 2.22. The number of hydrogen-bond donors (Lipinski definition) is 1. The molecule has 0 amide bonds. The van der Waals surface area contributed by atoms with Gasteiger partial charge >= 0.3 is 0 Å². The highest BCUT2D eigenvalue weighted by Gasteiger charge is 2.16. The number of hydrogen-bond acceptors (Lipinski definition) is 3. The largest absolute Gasteiger partial charge is 0.490 e. The molecule has 2 fully saturated rings. The molecule has 3 heteroatoms. The Bertz CT molecular complexity index is 353. The molecule has 0 saturated carbocycles. The predicted octanol–water partition coefficient (Wildman–Crippen LogP) is 2.79. The Labute approximate surface area is 121 Å². The van der Waals surface area contributed by atoms with E-state index in [0.717, 1.165) is 37.7 Å². The third kappa shape index (κ3) is 3.97. The molecule has 1 aromatic carbocycles. The van der Waals surface area contributed by atoms with Crippen LogP contribution >= 0.6 is 0 Å². The molecule has 0 aromatic heterocycles. The fraction of sp³-hybridized carbons (Fsp3) is 0.647. The Balaban J connectivity index is 1.51. The Kier molecular flexibility index (Phi) is 4.93. The van der Waals surface area contributed by atoms with E-state index in [1.54, 1.807) is 0 Å². The van der Waals surface area contributed by atoms with E-state index >= 15 is 0 Å². The maximum absolute atomic E-state index is 6.01. The molecule has 110 valence electrons. The minimum atomic E-state index is 0.332. The average molecular weight is 275 g/mol. The van der Waals surface area contributed by atoms with Crippen molar-refractivity contribution in [3.63, 3.8) is 0 Å². The third-order valence-corrected chi connectivity index (χ3v) is 4.38. The van der Waals surface area contributed by atoms with Gasteiger partial charge in [-0.2, -0.15) is 0 Å². The molecule has 1 aromatic rings. The van der Waals surface area contributed by atoms with Crippen LogP contribution in [0.15, 0.2) is 24.3 Å². The molecule has 0 bridgehead atoms. The van der Waals surface area contributed by atoms with Crippen molar-refractivity contribution in [3.8, 4) is 5.75 Å². The van der Waals surface area contributed by atoms with E-state index in [1.165, 1.54) is 37.9 Å². The van der Waals surface area contributed by atoms with E-state index < -0.39 is 0 Å².